The van der Waals surface area contributed by atoms with Gasteiger partial charge in [0.2, 0.25) is 5.82 Å². The van der Waals surface area contributed by atoms with Gasteiger partial charge in [-0.3, -0.25) is 0 Å². The molecule has 0 fully saturated rings. The van der Waals surface area contributed by atoms with Gasteiger partial charge in [0.1, 0.15) is 10.8 Å². The minimum Gasteiger partial charge on any atom is -0.370 e. The molecular weight excluding hydrogens is 275 g/mol. The molecule has 1 rings (SSSR count). The first-order valence-electron chi connectivity index (χ1n) is 6.10. The molecule has 3 nitrogen and oxygen atoms in total. The minimum absolute atomic E-state index is 0.186. The molecule has 19 heavy (non-hydrogen) atoms. The Morgan fingerprint density at radius 1 is 1.26 bits per heavy atom. The molecule has 0 radical (unpaired) electrons. The van der Waals surface area contributed by atoms with E-state index in [9.17, 15) is 13.2 Å². The SMILES string of the molecule is CCNc1cc(SC(C)C(C)C)nc(C(F)(F)F)n1. The lowest BCUT2D eigenvalue weighted by molar-refractivity contribution is -0.145. The summed E-state index contributed by atoms with van der Waals surface area (Å²) >= 11 is 1.33. The summed E-state index contributed by atoms with van der Waals surface area (Å²) in [5.41, 5.74) is 0. The molecule has 0 saturated carbocycles. The predicted octanol–water partition coefficient (Wildman–Crippen LogP) is 4.06. The standard InChI is InChI=1S/C12H18F3N3S/c1-5-16-9-6-10(19-8(4)7(2)3)18-11(17-9)12(13,14)15/h6-8H,5H2,1-4H3,(H,16,17,18). The second kappa shape index (κ2) is 6.45. The lowest BCUT2D eigenvalue weighted by Gasteiger charge is -2.16. The van der Waals surface area contributed by atoms with Crippen molar-refractivity contribution in [2.24, 2.45) is 5.92 Å². The molecule has 1 N–H and O–H groups in total. The van der Waals surface area contributed by atoms with Crippen molar-refractivity contribution in [2.75, 3.05) is 11.9 Å². The average Bonchev–Trinajstić information content (AvgIpc) is 2.27. The molecule has 1 atom stereocenters. The number of hydrogen-bond acceptors (Lipinski definition) is 4. The fraction of sp³-hybridized carbons (Fsp3) is 0.667. The molecule has 0 aliphatic heterocycles. The van der Waals surface area contributed by atoms with Crippen molar-refractivity contribution in [2.45, 2.75) is 44.1 Å². The molecule has 1 aromatic heterocycles. The predicted molar refractivity (Wildman–Crippen MR) is 71.4 cm³/mol. The van der Waals surface area contributed by atoms with Crippen LogP contribution < -0.4 is 5.32 Å². The van der Waals surface area contributed by atoms with Gasteiger partial charge in [-0.05, 0) is 12.8 Å². The van der Waals surface area contributed by atoms with Crippen LogP contribution in [0.4, 0.5) is 19.0 Å². The van der Waals surface area contributed by atoms with Crippen molar-refractivity contribution in [3.05, 3.63) is 11.9 Å². The van der Waals surface area contributed by atoms with Crippen LogP contribution in [0.15, 0.2) is 11.1 Å². The maximum atomic E-state index is 12.7. The van der Waals surface area contributed by atoms with Crippen LogP contribution in [0, 0.1) is 5.92 Å². The van der Waals surface area contributed by atoms with Crippen LogP contribution in [0.3, 0.4) is 0 Å². The first-order valence-corrected chi connectivity index (χ1v) is 6.98. The number of aromatic nitrogens is 2. The Morgan fingerprint density at radius 2 is 1.89 bits per heavy atom. The first-order chi connectivity index (χ1) is 8.74. The van der Waals surface area contributed by atoms with Crippen LogP contribution in [0.2, 0.25) is 0 Å². The Labute approximate surface area is 115 Å². The number of nitrogens with one attached hydrogen (secondary N) is 1. The third-order valence-electron chi connectivity index (χ3n) is 2.56. The van der Waals surface area contributed by atoms with E-state index in [0.717, 1.165) is 0 Å². The van der Waals surface area contributed by atoms with E-state index in [1.165, 1.54) is 11.8 Å². The van der Waals surface area contributed by atoms with Crippen LogP contribution in [-0.2, 0) is 6.18 Å². The minimum atomic E-state index is -4.53. The van der Waals surface area contributed by atoms with E-state index in [4.69, 9.17) is 0 Å². The van der Waals surface area contributed by atoms with E-state index < -0.39 is 12.0 Å². The number of alkyl halides is 3. The largest absolute Gasteiger partial charge is 0.451 e. The molecule has 0 saturated heterocycles. The summed E-state index contributed by atoms with van der Waals surface area (Å²) in [7, 11) is 0. The van der Waals surface area contributed by atoms with Gasteiger partial charge in [-0.25, -0.2) is 9.97 Å². The van der Waals surface area contributed by atoms with Gasteiger partial charge < -0.3 is 5.32 Å². The second-order valence-corrected chi connectivity index (χ2v) is 5.91. The van der Waals surface area contributed by atoms with Gasteiger partial charge in [0, 0.05) is 17.9 Å². The molecule has 1 heterocycles. The maximum Gasteiger partial charge on any atom is 0.451 e. The van der Waals surface area contributed by atoms with Crippen molar-refractivity contribution in [1.29, 1.82) is 0 Å². The Balaban J connectivity index is 3.06. The molecule has 0 spiro atoms. The molecule has 1 unspecified atom stereocenters. The third-order valence-corrected chi connectivity index (χ3v) is 3.93. The van der Waals surface area contributed by atoms with Gasteiger partial charge in [-0.1, -0.05) is 20.8 Å². The third kappa shape index (κ3) is 4.89. The Bertz CT molecular complexity index is 421. The lowest BCUT2D eigenvalue weighted by atomic mass is 10.2. The van der Waals surface area contributed by atoms with Crippen LogP contribution in [0.5, 0.6) is 0 Å². The molecule has 7 heteroatoms. The van der Waals surface area contributed by atoms with E-state index in [-0.39, 0.29) is 11.1 Å². The van der Waals surface area contributed by atoms with Crippen LogP contribution in [-0.4, -0.2) is 21.8 Å². The Hall–Kier alpha value is -0.980. The lowest BCUT2D eigenvalue weighted by Crippen LogP contribution is -2.14. The normalized spacial score (nSPS) is 13.7. The molecule has 0 aliphatic carbocycles. The van der Waals surface area contributed by atoms with Gasteiger partial charge in [0.15, 0.2) is 0 Å². The first kappa shape index (κ1) is 16.1. The van der Waals surface area contributed by atoms with Gasteiger partial charge in [0.05, 0.1) is 0 Å². The Morgan fingerprint density at radius 3 is 2.37 bits per heavy atom. The van der Waals surface area contributed by atoms with Gasteiger partial charge in [-0.15, -0.1) is 11.8 Å². The molecule has 1 aromatic rings. The molecule has 0 amide bonds. The zero-order valence-electron chi connectivity index (χ0n) is 11.4. The number of thioether (sulfide) groups is 1. The summed E-state index contributed by atoms with van der Waals surface area (Å²) in [5.74, 6) is -0.524. The number of rotatable bonds is 5. The van der Waals surface area contributed by atoms with E-state index in [0.29, 0.717) is 17.5 Å². The van der Waals surface area contributed by atoms with Crippen LogP contribution in [0.25, 0.3) is 0 Å². The van der Waals surface area contributed by atoms with E-state index in [1.54, 1.807) is 13.0 Å². The van der Waals surface area contributed by atoms with Crippen molar-refractivity contribution in [1.82, 2.24) is 9.97 Å². The molecule has 0 bridgehead atoms. The molecule has 0 aromatic carbocycles. The Kier molecular flexibility index (Phi) is 5.46. The molecule has 108 valence electrons. The number of nitrogens with zero attached hydrogens (tertiary/aromatic N) is 2. The van der Waals surface area contributed by atoms with Crippen molar-refractivity contribution < 1.29 is 13.2 Å². The quantitative estimate of drug-likeness (QED) is 0.656. The van der Waals surface area contributed by atoms with Crippen LogP contribution >= 0.6 is 11.8 Å². The maximum absolute atomic E-state index is 12.7. The van der Waals surface area contributed by atoms with Gasteiger partial charge in [0.25, 0.3) is 0 Å². The van der Waals surface area contributed by atoms with Crippen LogP contribution in [0.1, 0.15) is 33.5 Å². The summed E-state index contributed by atoms with van der Waals surface area (Å²) in [6.07, 6.45) is -4.53. The highest BCUT2D eigenvalue weighted by Crippen LogP contribution is 2.32. The van der Waals surface area contributed by atoms with E-state index in [1.807, 2.05) is 20.8 Å². The number of halogens is 3. The van der Waals surface area contributed by atoms with Gasteiger partial charge >= 0.3 is 6.18 Å². The fourth-order valence-electron chi connectivity index (χ4n) is 1.21. The number of anilines is 1. The topological polar surface area (TPSA) is 37.8 Å². The van der Waals surface area contributed by atoms with Crippen molar-refractivity contribution >= 4 is 17.6 Å². The summed E-state index contributed by atoms with van der Waals surface area (Å²) in [5, 5.41) is 3.33. The van der Waals surface area contributed by atoms with E-state index in [2.05, 4.69) is 15.3 Å². The van der Waals surface area contributed by atoms with Crippen molar-refractivity contribution in [3.63, 3.8) is 0 Å². The second-order valence-electron chi connectivity index (χ2n) is 4.51. The highest BCUT2D eigenvalue weighted by Gasteiger charge is 2.35. The molecular formula is C12H18F3N3S. The van der Waals surface area contributed by atoms with Crippen molar-refractivity contribution in [3.8, 4) is 0 Å². The molecule has 0 aliphatic rings. The monoisotopic (exact) mass is 293 g/mol. The number of hydrogen-bond donors (Lipinski definition) is 1. The van der Waals surface area contributed by atoms with E-state index >= 15 is 0 Å². The zero-order valence-corrected chi connectivity index (χ0v) is 12.2. The summed E-state index contributed by atoms with van der Waals surface area (Å²) in [6.45, 7) is 8.33. The summed E-state index contributed by atoms with van der Waals surface area (Å²) in [6, 6.07) is 1.56. The fourth-order valence-corrected chi connectivity index (χ4v) is 2.18. The average molecular weight is 293 g/mol. The summed E-state index contributed by atoms with van der Waals surface area (Å²) < 4.78 is 38.2. The highest BCUT2D eigenvalue weighted by molar-refractivity contribution is 7.99. The summed E-state index contributed by atoms with van der Waals surface area (Å²) in [4.78, 5) is 7.08. The smallest absolute Gasteiger partial charge is 0.370 e. The zero-order chi connectivity index (χ0) is 14.6. The van der Waals surface area contributed by atoms with Gasteiger partial charge in [-0.2, -0.15) is 13.2 Å². The highest BCUT2D eigenvalue weighted by atomic mass is 32.2.